The molecule has 0 saturated heterocycles. The maximum absolute atomic E-state index is 12.6. The number of carboxylic acids is 1. The first kappa shape index (κ1) is 26.1. The predicted octanol–water partition coefficient (Wildman–Crippen LogP) is 5.06. The fraction of sp³-hybridized carbons (Fsp3) is 0.444. The van der Waals surface area contributed by atoms with Gasteiger partial charge in [-0.2, -0.15) is 0 Å². The lowest BCUT2D eigenvalue weighted by atomic mass is 9.95. The lowest BCUT2D eigenvalue weighted by Crippen LogP contribution is -2.52. The van der Waals surface area contributed by atoms with Gasteiger partial charge in [-0.1, -0.05) is 48.5 Å². The van der Waals surface area contributed by atoms with Crippen LogP contribution in [-0.4, -0.2) is 47.6 Å². The highest BCUT2D eigenvalue weighted by Gasteiger charge is 2.36. The Labute approximate surface area is 206 Å². The summed E-state index contributed by atoms with van der Waals surface area (Å²) in [5.41, 5.74) is 2.33. The molecule has 2 aromatic rings. The molecule has 2 amide bonds. The highest BCUT2D eigenvalue weighted by atomic mass is 16.6. The summed E-state index contributed by atoms with van der Waals surface area (Å²) in [7, 11) is 0. The van der Waals surface area contributed by atoms with Crippen LogP contribution in [0.1, 0.15) is 64.0 Å². The van der Waals surface area contributed by atoms with Gasteiger partial charge in [0.2, 0.25) is 0 Å². The van der Waals surface area contributed by atoms with Crippen molar-refractivity contribution in [2.45, 2.75) is 64.0 Å². The molecular weight excluding hydrogens is 448 g/mol. The zero-order valence-corrected chi connectivity index (χ0v) is 20.7. The molecule has 188 valence electrons. The van der Waals surface area contributed by atoms with Crippen LogP contribution >= 0.6 is 0 Å². The molecule has 35 heavy (non-hydrogen) atoms. The number of carboxylic acid groups (broad SMARTS) is 1. The maximum Gasteiger partial charge on any atom is 0.408 e. The summed E-state index contributed by atoms with van der Waals surface area (Å²) in [5.74, 6) is -1.26. The molecular formula is C27H34N2O6. The zero-order valence-electron chi connectivity index (χ0n) is 20.7. The van der Waals surface area contributed by atoms with Gasteiger partial charge in [0.05, 0.1) is 0 Å². The second kappa shape index (κ2) is 10.8. The molecule has 0 unspecified atom stereocenters. The van der Waals surface area contributed by atoms with Gasteiger partial charge in [0.25, 0.3) is 0 Å². The van der Waals surface area contributed by atoms with E-state index < -0.39 is 29.3 Å². The van der Waals surface area contributed by atoms with Crippen LogP contribution in [0.15, 0.2) is 48.5 Å². The fourth-order valence-electron chi connectivity index (χ4n) is 4.19. The van der Waals surface area contributed by atoms with E-state index >= 15 is 0 Å². The predicted molar refractivity (Wildman–Crippen MR) is 132 cm³/mol. The molecule has 1 aliphatic carbocycles. The van der Waals surface area contributed by atoms with Gasteiger partial charge < -0.3 is 25.2 Å². The van der Waals surface area contributed by atoms with Crippen molar-refractivity contribution in [3.05, 3.63) is 59.7 Å². The zero-order chi connectivity index (χ0) is 25.6. The van der Waals surface area contributed by atoms with Gasteiger partial charge in [-0.25, -0.2) is 14.4 Å². The van der Waals surface area contributed by atoms with Crippen molar-refractivity contribution in [2.24, 2.45) is 0 Å². The second-order valence-corrected chi connectivity index (χ2v) is 9.97. The van der Waals surface area contributed by atoms with Crippen LogP contribution in [0.5, 0.6) is 0 Å². The minimum absolute atomic E-state index is 0.107. The van der Waals surface area contributed by atoms with Crippen molar-refractivity contribution in [1.82, 2.24) is 10.6 Å². The van der Waals surface area contributed by atoms with Crippen LogP contribution in [-0.2, 0) is 14.3 Å². The second-order valence-electron chi connectivity index (χ2n) is 9.97. The number of hydrogen-bond acceptors (Lipinski definition) is 5. The topological polar surface area (TPSA) is 114 Å². The Morgan fingerprint density at radius 1 is 0.886 bits per heavy atom. The van der Waals surface area contributed by atoms with Crippen LogP contribution in [0.3, 0.4) is 0 Å². The number of unbranched alkanes of at least 4 members (excludes halogenated alkanes) is 1. The van der Waals surface area contributed by atoms with Gasteiger partial charge in [-0.3, -0.25) is 0 Å². The van der Waals surface area contributed by atoms with E-state index in [4.69, 9.17) is 9.47 Å². The third-order valence-corrected chi connectivity index (χ3v) is 5.97. The fourth-order valence-corrected chi connectivity index (χ4v) is 4.19. The van der Waals surface area contributed by atoms with Crippen LogP contribution < -0.4 is 10.6 Å². The third kappa shape index (κ3) is 6.74. The number of aliphatic carboxylic acids is 1. The van der Waals surface area contributed by atoms with E-state index in [9.17, 15) is 19.5 Å². The number of benzene rings is 2. The summed E-state index contributed by atoms with van der Waals surface area (Å²) in [4.78, 5) is 36.2. The van der Waals surface area contributed by atoms with Crippen LogP contribution in [0, 0.1) is 0 Å². The molecule has 0 saturated carbocycles. The monoisotopic (exact) mass is 482 g/mol. The SMILES string of the molecule is CC(C)(C)OC(=O)NCCCC[C@@](C)(NC(=O)OCC1c2ccccc2-c2ccccc21)C(=O)O. The molecule has 0 bridgehead atoms. The Kier molecular flexibility index (Phi) is 8.04. The lowest BCUT2D eigenvalue weighted by molar-refractivity contribution is -0.144. The van der Waals surface area contributed by atoms with Gasteiger partial charge in [-0.05, 0) is 69.2 Å². The first-order chi connectivity index (χ1) is 16.5. The van der Waals surface area contributed by atoms with Gasteiger partial charge in [0, 0.05) is 12.5 Å². The van der Waals surface area contributed by atoms with Crippen molar-refractivity contribution in [3.8, 4) is 11.1 Å². The number of fused-ring (bicyclic) bond motifs is 3. The molecule has 8 nitrogen and oxygen atoms in total. The van der Waals surface area contributed by atoms with E-state index in [1.165, 1.54) is 6.92 Å². The van der Waals surface area contributed by atoms with Crippen molar-refractivity contribution in [2.75, 3.05) is 13.2 Å². The van der Waals surface area contributed by atoms with Crippen molar-refractivity contribution in [1.29, 1.82) is 0 Å². The van der Waals surface area contributed by atoms with E-state index in [0.29, 0.717) is 19.4 Å². The quantitative estimate of drug-likeness (QED) is 0.430. The van der Waals surface area contributed by atoms with Crippen LogP contribution in [0.4, 0.5) is 9.59 Å². The first-order valence-corrected chi connectivity index (χ1v) is 11.8. The number of ether oxygens (including phenoxy) is 2. The van der Waals surface area contributed by atoms with Gasteiger partial charge in [0.15, 0.2) is 0 Å². The van der Waals surface area contributed by atoms with E-state index in [0.717, 1.165) is 22.3 Å². The number of carbonyl (C=O) groups is 3. The molecule has 0 aromatic heterocycles. The highest BCUT2D eigenvalue weighted by Crippen LogP contribution is 2.44. The number of alkyl carbamates (subject to hydrolysis) is 2. The smallest absolute Gasteiger partial charge is 0.408 e. The normalized spacial score (nSPS) is 14.3. The summed E-state index contributed by atoms with van der Waals surface area (Å²) >= 11 is 0. The minimum atomic E-state index is -1.49. The average Bonchev–Trinajstić information content (AvgIpc) is 3.10. The first-order valence-electron chi connectivity index (χ1n) is 11.8. The number of carbonyl (C=O) groups excluding carboxylic acids is 2. The molecule has 0 heterocycles. The van der Waals surface area contributed by atoms with Crippen molar-refractivity contribution < 1.29 is 29.0 Å². The molecule has 2 aromatic carbocycles. The summed E-state index contributed by atoms with van der Waals surface area (Å²) in [6.45, 7) is 7.24. The molecule has 8 heteroatoms. The van der Waals surface area contributed by atoms with Gasteiger partial charge >= 0.3 is 18.2 Å². The van der Waals surface area contributed by atoms with E-state index in [1.54, 1.807) is 20.8 Å². The Hall–Kier alpha value is -3.55. The van der Waals surface area contributed by atoms with Crippen molar-refractivity contribution >= 4 is 18.2 Å². The number of nitrogens with one attached hydrogen (secondary N) is 2. The minimum Gasteiger partial charge on any atom is -0.480 e. The van der Waals surface area contributed by atoms with Gasteiger partial charge in [0.1, 0.15) is 17.7 Å². The Balaban J connectivity index is 1.51. The number of amides is 2. The Bertz CT molecular complexity index is 1030. The molecule has 1 atom stereocenters. The summed E-state index contributed by atoms with van der Waals surface area (Å²) in [6, 6.07) is 16.0. The summed E-state index contributed by atoms with van der Waals surface area (Å²) in [6.07, 6.45) is -0.0990. The molecule has 1 aliphatic rings. The Morgan fingerprint density at radius 3 is 2.00 bits per heavy atom. The summed E-state index contributed by atoms with van der Waals surface area (Å²) < 4.78 is 10.7. The molecule has 0 aliphatic heterocycles. The lowest BCUT2D eigenvalue weighted by Gasteiger charge is -2.26. The van der Waals surface area contributed by atoms with Gasteiger partial charge in [-0.15, -0.1) is 0 Å². The molecule has 0 spiro atoms. The summed E-state index contributed by atoms with van der Waals surface area (Å²) in [5, 5.41) is 14.9. The molecule has 0 radical (unpaired) electrons. The number of hydrogen-bond donors (Lipinski definition) is 3. The molecule has 3 rings (SSSR count). The maximum atomic E-state index is 12.6. The molecule has 0 fully saturated rings. The molecule has 3 N–H and O–H groups in total. The van der Waals surface area contributed by atoms with Crippen LogP contribution in [0.2, 0.25) is 0 Å². The third-order valence-electron chi connectivity index (χ3n) is 5.97. The van der Waals surface area contributed by atoms with E-state index in [-0.39, 0.29) is 18.9 Å². The van der Waals surface area contributed by atoms with Crippen LogP contribution in [0.25, 0.3) is 11.1 Å². The standard InChI is InChI=1S/C27H34N2O6/c1-26(2,3)35-24(32)28-16-10-9-15-27(4,23(30)31)29-25(33)34-17-22-20-13-7-5-11-18(20)19-12-6-8-14-21(19)22/h5-8,11-14,22H,9-10,15-17H2,1-4H3,(H,28,32)(H,29,33)(H,30,31)/t27-/m1/s1. The average molecular weight is 483 g/mol. The van der Waals surface area contributed by atoms with Crippen molar-refractivity contribution in [3.63, 3.8) is 0 Å². The largest absolute Gasteiger partial charge is 0.480 e. The highest BCUT2D eigenvalue weighted by molar-refractivity contribution is 5.84. The van der Waals surface area contributed by atoms with E-state index in [1.807, 2.05) is 48.5 Å². The number of rotatable bonds is 9. The van der Waals surface area contributed by atoms with E-state index in [2.05, 4.69) is 10.6 Å². The Morgan fingerprint density at radius 2 is 1.46 bits per heavy atom.